The van der Waals surface area contributed by atoms with Crippen LogP contribution in [-0.4, -0.2) is 19.5 Å². The third-order valence-corrected chi connectivity index (χ3v) is 5.64. The Morgan fingerprint density at radius 3 is 2.46 bits per heavy atom. The van der Waals surface area contributed by atoms with Gasteiger partial charge in [-0.15, -0.1) is 0 Å². The summed E-state index contributed by atoms with van der Waals surface area (Å²) in [4.78, 5) is 37.7. The number of benzene rings is 1. The van der Waals surface area contributed by atoms with Gasteiger partial charge in [0, 0.05) is 20.6 Å². The van der Waals surface area contributed by atoms with Gasteiger partial charge in [-0.25, -0.2) is 4.79 Å². The Morgan fingerprint density at radius 2 is 1.82 bits per heavy atom. The minimum Gasteiger partial charge on any atom is -0.318 e. The van der Waals surface area contributed by atoms with Gasteiger partial charge in [-0.05, 0) is 84.8 Å². The molecule has 9 heteroatoms. The molecule has 0 radical (unpaired) electrons. The van der Waals surface area contributed by atoms with Crippen molar-refractivity contribution in [2.75, 3.05) is 0 Å². The molecule has 0 aliphatic rings. The second-order valence-electron chi connectivity index (χ2n) is 6.36. The molecule has 0 spiro atoms. The minimum atomic E-state index is -1.03. The molecule has 2 N–H and O–H groups in total. The van der Waals surface area contributed by atoms with E-state index in [1.807, 2.05) is 44.0 Å². The number of hydrogen-bond donors (Lipinski definition) is 2. The van der Waals surface area contributed by atoms with Crippen LogP contribution in [0.3, 0.4) is 0 Å². The maximum atomic E-state index is 11.7. The van der Waals surface area contributed by atoms with Crippen molar-refractivity contribution >= 4 is 40.4 Å². The number of nitro groups is 1. The first-order valence-electron chi connectivity index (χ1n) is 8.33. The molecule has 8 nitrogen and oxygen atoms in total. The van der Waals surface area contributed by atoms with E-state index < -0.39 is 21.9 Å². The number of aromatic amines is 2. The summed E-state index contributed by atoms with van der Waals surface area (Å²) in [7, 11) is 0. The lowest BCUT2D eigenvalue weighted by atomic mass is 10.2. The average Bonchev–Trinajstić information content (AvgIpc) is 2.88. The van der Waals surface area contributed by atoms with Gasteiger partial charge in [-0.3, -0.25) is 19.9 Å². The maximum absolute atomic E-state index is 11.7. The van der Waals surface area contributed by atoms with Gasteiger partial charge in [0.15, 0.2) is 0 Å². The minimum absolute atomic E-state index is 0.145. The standard InChI is InChI=1S/C19H17IN4O4/c1-10-8-14(5-6-15(10)20)23-11(2)9-13(12(23)3)4-7-16-17(24(27)28)18(25)22-19(26)21-16/h4-9H,1-3H3,(H2,21,22,25,26). The fraction of sp³-hybridized carbons (Fsp3) is 0.158. The summed E-state index contributed by atoms with van der Waals surface area (Å²) in [5, 5.41) is 11.2. The van der Waals surface area contributed by atoms with Crippen LogP contribution in [0.2, 0.25) is 0 Å². The Balaban J connectivity index is 2.08. The van der Waals surface area contributed by atoms with E-state index in [0.29, 0.717) is 0 Å². The number of nitrogens with one attached hydrogen (secondary N) is 2. The fourth-order valence-electron chi connectivity index (χ4n) is 3.09. The van der Waals surface area contributed by atoms with Crippen LogP contribution < -0.4 is 11.2 Å². The lowest BCUT2D eigenvalue weighted by molar-refractivity contribution is -0.386. The molecule has 0 saturated heterocycles. The van der Waals surface area contributed by atoms with E-state index in [4.69, 9.17) is 0 Å². The number of aryl methyl sites for hydroxylation is 2. The van der Waals surface area contributed by atoms with Crippen LogP contribution in [0.4, 0.5) is 5.69 Å². The van der Waals surface area contributed by atoms with E-state index >= 15 is 0 Å². The predicted octanol–water partition coefficient (Wildman–Crippen LogP) is 3.46. The van der Waals surface area contributed by atoms with Gasteiger partial charge in [0.05, 0.1) is 4.92 Å². The second-order valence-corrected chi connectivity index (χ2v) is 7.52. The van der Waals surface area contributed by atoms with Crippen molar-refractivity contribution < 1.29 is 4.92 Å². The molecule has 0 atom stereocenters. The van der Waals surface area contributed by atoms with E-state index in [9.17, 15) is 19.7 Å². The Kier molecular flexibility index (Phi) is 5.36. The van der Waals surface area contributed by atoms with E-state index in [1.165, 1.54) is 15.2 Å². The molecule has 28 heavy (non-hydrogen) atoms. The molecule has 0 fully saturated rings. The first kappa shape index (κ1) is 19.8. The molecule has 0 aliphatic carbocycles. The van der Waals surface area contributed by atoms with Gasteiger partial charge in [0.2, 0.25) is 0 Å². The number of hydrogen-bond acceptors (Lipinski definition) is 4. The Hall–Kier alpha value is -2.95. The fourth-order valence-corrected chi connectivity index (χ4v) is 3.43. The molecule has 0 unspecified atom stereocenters. The highest BCUT2D eigenvalue weighted by Crippen LogP contribution is 2.25. The van der Waals surface area contributed by atoms with Gasteiger partial charge in [-0.1, -0.05) is 6.08 Å². The zero-order valence-corrected chi connectivity index (χ0v) is 17.5. The molecule has 3 aromatic rings. The van der Waals surface area contributed by atoms with Crippen LogP contribution in [0.1, 0.15) is 28.2 Å². The van der Waals surface area contributed by atoms with Gasteiger partial charge >= 0.3 is 16.9 Å². The smallest absolute Gasteiger partial charge is 0.318 e. The largest absolute Gasteiger partial charge is 0.357 e. The zero-order valence-electron chi connectivity index (χ0n) is 15.4. The second kappa shape index (κ2) is 7.58. The SMILES string of the molecule is Cc1cc(-n2c(C)cc(C=Cc3[nH]c(=O)[nH]c(=O)c3[N+](=O)[O-])c2C)ccc1I. The van der Waals surface area contributed by atoms with E-state index in [1.54, 1.807) is 6.08 Å². The highest BCUT2D eigenvalue weighted by molar-refractivity contribution is 14.1. The lowest BCUT2D eigenvalue weighted by Crippen LogP contribution is -2.25. The van der Waals surface area contributed by atoms with Crippen LogP contribution in [0.25, 0.3) is 17.8 Å². The van der Waals surface area contributed by atoms with E-state index in [-0.39, 0.29) is 5.69 Å². The van der Waals surface area contributed by atoms with Gasteiger partial charge in [0.1, 0.15) is 5.69 Å². The van der Waals surface area contributed by atoms with Crippen molar-refractivity contribution in [3.8, 4) is 5.69 Å². The van der Waals surface area contributed by atoms with Crippen molar-refractivity contribution in [2.24, 2.45) is 0 Å². The van der Waals surface area contributed by atoms with Crippen LogP contribution in [-0.2, 0) is 0 Å². The number of halogens is 1. The van der Waals surface area contributed by atoms with E-state index in [2.05, 4.69) is 38.2 Å². The van der Waals surface area contributed by atoms with Crippen molar-refractivity contribution in [1.82, 2.24) is 14.5 Å². The van der Waals surface area contributed by atoms with Crippen molar-refractivity contribution in [3.63, 3.8) is 0 Å². The zero-order chi connectivity index (χ0) is 20.6. The Labute approximate surface area is 173 Å². The predicted molar refractivity (Wildman–Crippen MR) is 116 cm³/mol. The normalized spacial score (nSPS) is 11.3. The molecular weight excluding hydrogens is 475 g/mol. The maximum Gasteiger partial charge on any atom is 0.357 e. The third-order valence-electron chi connectivity index (χ3n) is 4.43. The Morgan fingerprint density at radius 1 is 1.11 bits per heavy atom. The summed E-state index contributed by atoms with van der Waals surface area (Å²) in [5.41, 5.74) is 2.26. The summed E-state index contributed by atoms with van der Waals surface area (Å²) >= 11 is 2.28. The number of nitrogens with zero attached hydrogens (tertiary/aromatic N) is 2. The van der Waals surface area contributed by atoms with Gasteiger partial charge in [0.25, 0.3) is 0 Å². The molecule has 0 bridgehead atoms. The first-order chi connectivity index (χ1) is 13.2. The summed E-state index contributed by atoms with van der Waals surface area (Å²) in [6.45, 7) is 5.95. The highest BCUT2D eigenvalue weighted by Gasteiger charge is 2.19. The summed E-state index contributed by atoms with van der Waals surface area (Å²) in [6, 6.07) is 8.11. The van der Waals surface area contributed by atoms with Crippen molar-refractivity contribution in [1.29, 1.82) is 0 Å². The number of aromatic nitrogens is 3. The van der Waals surface area contributed by atoms with Crippen molar-refractivity contribution in [3.05, 3.63) is 87.0 Å². The average molecular weight is 492 g/mol. The molecular formula is C19H17IN4O4. The van der Waals surface area contributed by atoms with E-state index in [0.717, 1.165) is 22.6 Å². The van der Waals surface area contributed by atoms with Gasteiger partial charge in [-0.2, -0.15) is 0 Å². The summed E-state index contributed by atoms with van der Waals surface area (Å²) in [6.07, 6.45) is 3.02. The molecule has 1 aromatic carbocycles. The molecule has 0 amide bonds. The Bertz CT molecular complexity index is 1230. The van der Waals surface area contributed by atoms with Crippen LogP contribution in [0, 0.1) is 34.5 Å². The number of rotatable bonds is 4. The first-order valence-corrected chi connectivity index (χ1v) is 9.41. The van der Waals surface area contributed by atoms with Crippen LogP contribution in [0.5, 0.6) is 0 Å². The summed E-state index contributed by atoms with van der Waals surface area (Å²) < 4.78 is 3.26. The van der Waals surface area contributed by atoms with Crippen LogP contribution in [0.15, 0.2) is 33.9 Å². The van der Waals surface area contributed by atoms with Gasteiger partial charge < -0.3 is 9.55 Å². The molecule has 0 aliphatic heterocycles. The third kappa shape index (κ3) is 3.70. The lowest BCUT2D eigenvalue weighted by Gasteiger charge is -2.11. The number of H-pyrrole nitrogens is 2. The topological polar surface area (TPSA) is 114 Å². The monoisotopic (exact) mass is 492 g/mol. The quantitative estimate of drug-likeness (QED) is 0.330. The van der Waals surface area contributed by atoms with Crippen LogP contribution >= 0.6 is 22.6 Å². The molecule has 2 heterocycles. The van der Waals surface area contributed by atoms with Crippen molar-refractivity contribution in [2.45, 2.75) is 20.8 Å². The molecule has 3 rings (SSSR count). The molecule has 0 saturated carbocycles. The summed E-state index contributed by atoms with van der Waals surface area (Å²) in [5.74, 6) is 0. The molecule has 2 aromatic heterocycles. The highest BCUT2D eigenvalue weighted by atomic mass is 127. The molecule has 144 valence electrons.